The maximum absolute atomic E-state index is 12.9. The van der Waals surface area contributed by atoms with Crippen LogP contribution < -0.4 is 14.9 Å². The number of carbonyl (C=O) groups excluding carboxylic acids is 4. The molecule has 1 N–H and O–H groups in total. The number of hydrogen-bond acceptors (Lipinski definition) is 14. The van der Waals surface area contributed by atoms with Gasteiger partial charge in [0.1, 0.15) is 46.7 Å². The molecule has 0 spiro atoms. The Morgan fingerprint density at radius 2 is 1.41 bits per heavy atom. The molecule has 0 amide bonds. The van der Waals surface area contributed by atoms with Crippen molar-refractivity contribution in [3.8, 4) is 28.6 Å². The zero-order valence-electron chi connectivity index (χ0n) is 24.4. The number of hydrogen-bond donors (Lipinski definition) is 1. The van der Waals surface area contributed by atoms with E-state index in [1.165, 1.54) is 19.2 Å². The molecule has 14 heteroatoms. The summed E-state index contributed by atoms with van der Waals surface area (Å²) in [5.74, 6) is -2.91. The molecular formula is C30H30O14. The lowest BCUT2D eigenvalue weighted by molar-refractivity contribution is -0.288. The third kappa shape index (κ3) is 7.45. The fraction of sp³-hybridized carbons (Fsp3) is 0.367. The fourth-order valence-corrected chi connectivity index (χ4v) is 4.63. The molecule has 4 rings (SSSR count). The Balaban J connectivity index is 1.76. The van der Waals surface area contributed by atoms with Crippen molar-refractivity contribution in [2.75, 3.05) is 13.7 Å². The van der Waals surface area contributed by atoms with Crippen LogP contribution in [0.25, 0.3) is 22.3 Å². The van der Waals surface area contributed by atoms with Crippen LogP contribution in [0.1, 0.15) is 27.7 Å². The molecule has 2 aromatic carbocycles. The summed E-state index contributed by atoms with van der Waals surface area (Å²) < 4.78 is 44.2. The van der Waals surface area contributed by atoms with Crippen LogP contribution in [0.3, 0.4) is 0 Å². The molecule has 0 unspecified atom stereocenters. The van der Waals surface area contributed by atoms with E-state index in [1.807, 2.05) is 0 Å². The van der Waals surface area contributed by atoms with Gasteiger partial charge in [-0.1, -0.05) is 0 Å². The topological polar surface area (TPSA) is 183 Å². The molecule has 0 bridgehead atoms. The van der Waals surface area contributed by atoms with Crippen LogP contribution in [0, 0.1) is 0 Å². The molecule has 1 aliphatic heterocycles. The molecular weight excluding hydrogens is 584 g/mol. The molecule has 1 fully saturated rings. The van der Waals surface area contributed by atoms with Gasteiger partial charge in [-0.3, -0.25) is 24.0 Å². The number of fused-ring (bicyclic) bond motifs is 1. The van der Waals surface area contributed by atoms with Gasteiger partial charge >= 0.3 is 23.9 Å². The van der Waals surface area contributed by atoms with Crippen LogP contribution in [-0.4, -0.2) is 73.4 Å². The highest BCUT2D eigenvalue weighted by Gasteiger charge is 2.53. The second-order valence-electron chi connectivity index (χ2n) is 9.70. The normalized spacial score (nSPS) is 21.2. The van der Waals surface area contributed by atoms with Gasteiger partial charge in [0.2, 0.25) is 12.4 Å². The molecule has 0 radical (unpaired) electrons. The number of benzene rings is 2. The van der Waals surface area contributed by atoms with E-state index >= 15 is 0 Å². The summed E-state index contributed by atoms with van der Waals surface area (Å²) in [5.41, 5.74) is -0.0347. The summed E-state index contributed by atoms with van der Waals surface area (Å²) in [6, 6.07) is 10.4. The molecule has 1 aliphatic rings. The molecule has 44 heavy (non-hydrogen) atoms. The minimum absolute atomic E-state index is 0.0519. The molecule has 3 aromatic rings. The minimum atomic E-state index is -1.57. The molecule has 234 valence electrons. The third-order valence-electron chi connectivity index (χ3n) is 6.36. The Morgan fingerprint density at radius 3 is 2.00 bits per heavy atom. The van der Waals surface area contributed by atoms with Crippen molar-refractivity contribution in [2.45, 2.75) is 58.4 Å². The number of ether oxygens (including phenoxy) is 7. The van der Waals surface area contributed by atoms with Gasteiger partial charge in [-0.15, -0.1) is 0 Å². The smallest absolute Gasteiger partial charge is 0.303 e. The Bertz CT molecular complexity index is 1610. The second-order valence-corrected chi connectivity index (χ2v) is 9.70. The van der Waals surface area contributed by atoms with Crippen molar-refractivity contribution >= 4 is 34.8 Å². The predicted octanol–water partition coefficient (Wildman–Crippen LogP) is 2.64. The lowest BCUT2D eigenvalue weighted by Gasteiger charge is -2.43. The van der Waals surface area contributed by atoms with E-state index in [0.29, 0.717) is 11.3 Å². The first kappa shape index (κ1) is 31.8. The number of phenols is 1. The van der Waals surface area contributed by atoms with Gasteiger partial charge in [0.05, 0.1) is 7.11 Å². The SMILES string of the molecule is COc1ccc(-c2cc(=O)c3c(O)cc(O[C@@H]4O[C@H](COC(C)=O)[C@H](OC(C)=O)[C@H](OC(C)=O)[C@H]4OC(C)=O)cc3o2)cc1. The van der Waals surface area contributed by atoms with Gasteiger partial charge in [0.15, 0.2) is 17.6 Å². The van der Waals surface area contributed by atoms with Crippen LogP contribution >= 0.6 is 0 Å². The first-order chi connectivity index (χ1) is 20.9. The van der Waals surface area contributed by atoms with Gasteiger partial charge in [0, 0.05) is 51.5 Å². The zero-order chi connectivity index (χ0) is 32.1. The number of aromatic hydroxyl groups is 1. The average molecular weight is 615 g/mol. The second kappa shape index (κ2) is 13.5. The third-order valence-corrected chi connectivity index (χ3v) is 6.36. The van der Waals surface area contributed by atoms with E-state index in [2.05, 4.69) is 0 Å². The molecule has 0 aliphatic carbocycles. The Kier molecular flexibility index (Phi) is 9.73. The Morgan fingerprint density at radius 1 is 0.795 bits per heavy atom. The van der Waals surface area contributed by atoms with E-state index in [-0.39, 0.29) is 22.5 Å². The molecule has 5 atom stereocenters. The van der Waals surface area contributed by atoms with Crippen molar-refractivity contribution in [3.63, 3.8) is 0 Å². The molecule has 0 saturated carbocycles. The van der Waals surface area contributed by atoms with Gasteiger partial charge < -0.3 is 42.7 Å². The van der Waals surface area contributed by atoms with E-state index in [4.69, 9.17) is 37.6 Å². The van der Waals surface area contributed by atoms with Crippen molar-refractivity contribution in [1.29, 1.82) is 0 Å². The summed E-state index contributed by atoms with van der Waals surface area (Å²) in [4.78, 5) is 60.6. The highest BCUT2D eigenvalue weighted by atomic mass is 16.7. The van der Waals surface area contributed by atoms with Gasteiger partial charge in [-0.05, 0) is 24.3 Å². The number of carbonyl (C=O) groups is 4. The molecule has 14 nitrogen and oxygen atoms in total. The van der Waals surface area contributed by atoms with Crippen LogP contribution in [0.4, 0.5) is 0 Å². The van der Waals surface area contributed by atoms with Crippen molar-refractivity contribution in [1.82, 2.24) is 0 Å². The Labute approximate surface area is 250 Å². The van der Waals surface area contributed by atoms with E-state index in [9.17, 15) is 29.1 Å². The van der Waals surface area contributed by atoms with Crippen LogP contribution in [0.5, 0.6) is 17.2 Å². The minimum Gasteiger partial charge on any atom is -0.507 e. The summed E-state index contributed by atoms with van der Waals surface area (Å²) in [6.45, 7) is 3.97. The first-order valence-electron chi connectivity index (χ1n) is 13.3. The van der Waals surface area contributed by atoms with Gasteiger partial charge in [-0.25, -0.2) is 0 Å². The highest BCUT2D eigenvalue weighted by molar-refractivity contribution is 5.86. The zero-order valence-corrected chi connectivity index (χ0v) is 24.4. The van der Waals surface area contributed by atoms with Crippen LogP contribution in [0.15, 0.2) is 51.7 Å². The predicted molar refractivity (Wildman–Crippen MR) is 149 cm³/mol. The molecule has 1 saturated heterocycles. The maximum atomic E-state index is 12.9. The quantitative estimate of drug-likeness (QED) is 0.274. The lowest BCUT2D eigenvalue weighted by Crippen LogP contribution is -2.63. The van der Waals surface area contributed by atoms with E-state index < -0.39 is 72.4 Å². The summed E-state index contributed by atoms with van der Waals surface area (Å²) >= 11 is 0. The summed E-state index contributed by atoms with van der Waals surface area (Å²) in [7, 11) is 1.51. The van der Waals surface area contributed by atoms with Crippen LogP contribution in [-0.2, 0) is 42.9 Å². The monoisotopic (exact) mass is 614 g/mol. The largest absolute Gasteiger partial charge is 0.507 e. The number of rotatable bonds is 9. The van der Waals surface area contributed by atoms with Crippen molar-refractivity contribution < 1.29 is 61.9 Å². The number of phenolic OH excluding ortho intramolecular Hbond substituents is 1. The summed E-state index contributed by atoms with van der Waals surface area (Å²) in [6.07, 6.45) is -7.17. The summed E-state index contributed by atoms with van der Waals surface area (Å²) in [5, 5.41) is 10.6. The Hall–Kier alpha value is -5.11. The van der Waals surface area contributed by atoms with Crippen molar-refractivity contribution in [3.05, 3.63) is 52.7 Å². The number of esters is 4. The van der Waals surface area contributed by atoms with Crippen molar-refractivity contribution in [2.24, 2.45) is 0 Å². The average Bonchev–Trinajstić information content (AvgIpc) is 2.94. The molecule has 1 aromatic heterocycles. The van der Waals surface area contributed by atoms with E-state index in [0.717, 1.165) is 33.8 Å². The standard InChI is InChI=1S/C30H30O14/c1-14(31)38-13-25-27(39-15(2)32)28(40-16(3)33)29(41-17(4)34)30(44-25)42-20-10-21(35)26-22(36)12-23(43-24(26)11-20)18-6-8-19(37-5)9-7-18/h6-12,25,27-30,35H,13H2,1-5H3/t25-,27+,28+,29-,30-/m1/s1. The van der Waals surface area contributed by atoms with Crippen LogP contribution in [0.2, 0.25) is 0 Å². The fourth-order valence-electron chi connectivity index (χ4n) is 4.63. The first-order valence-corrected chi connectivity index (χ1v) is 13.3. The highest BCUT2D eigenvalue weighted by Crippen LogP contribution is 2.35. The maximum Gasteiger partial charge on any atom is 0.303 e. The number of methoxy groups -OCH3 is 1. The molecule has 2 heterocycles. The van der Waals surface area contributed by atoms with E-state index in [1.54, 1.807) is 24.3 Å². The van der Waals surface area contributed by atoms with Gasteiger partial charge in [0.25, 0.3) is 0 Å². The van der Waals surface area contributed by atoms with Gasteiger partial charge in [-0.2, -0.15) is 0 Å². The lowest BCUT2D eigenvalue weighted by atomic mass is 9.98.